The Kier molecular flexibility index (Phi) is 3.60. The van der Waals surface area contributed by atoms with Crippen molar-refractivity contribution in [2.24, 2.45) is 0 Å². The summed E-state index contributed by atoms with van der Waals surface area (Å²) < 4.78 is 7.25. The number of aromatic nitrogens is 3. The van der Waals surface area contributed by atoms with Crippen LogP contribution in [0.4, 0.5) is 0 Å². The Morgan fingerprint density at radius 3 is 3.00 bits per heavy atom. The van der Waals surface area contributed by atoms with Gasteiger partial charge in [0.1, 0.15) is 5.76 Å². The van der Waals surface area contributed by atoms with Gasteiger partial charge in [0.25, 0.3) is 0 Å². The van der Waals surface area contributed by atoms with E-state index in [0.717, 1.165) is 39.9 Å². The van der Waals surface area contributed by atoms with Gasteiger partial charge in [-0.25, -0.2) is 4.98 Å². The molecular weight excluding hydrogens is 270 g/mol. The van der Waals surface area contributed by atoms with Gasteiger partial charge in [-0.2, -0.15) is 0 Å². The summed E-state index contributed by atoms with van der Waals surface area (Å²) in [5.41, 5.74) is 3.07. The second-order valence-corrected chi connectivity index (χ2v) is 5.44. The molecule has 0 spiro atoms. The van der Waals surface area contributed by atoms with E-state index in [4.69, 9.17) is 4.52 Å². The molecule has 1 aromatic carbocycles. The lowest BCUT2D eigenvalue weighted by Gasteiger charge is -2.04. The highest BCUT2D eigenvalue weighted by atomic mass is 32.2. The van der Waals surface area contributed by atoms with E-state index in [0.29, 0.717) is 0 Å². The fraction of sp³-hybridized carbons (Fsp3) is 0.200. The second kappa shape index (κ2) is 5.54. The van der Waals surface area contributed by atoms with Gasteiger partial charge in [-0.1, -0.05) is 35.1 Å². The SMILES string of the molecule is C=CCn1c(SCc2cc(C)on2)nc2ccccc21. The van der Waals surface area contributed by atoms with Crippen LogP contribution in [0.25, 0.3) is 11.0 Å². The summed E-state index contributed by atoms with van der Waals surface area (Å²) in [6.07, 6.45) is 1.89. The largest absolute Gasteiger partial charge is 0.361 e. The maximum Gasteiger partial charge on any atom is 0.169 e. The zero-order chi connectivity index (χ0) is 13.9. The molecule has 3 rings (SSSR count). The first kappa shape index (κ1) is 13.0. The van der Waals surface area contributed by atoms with Crippen LogP contribution in [-0.4, -0.2) is 14.7 Å². The first-order chi connectivity index (χ1) is 9.78. The summed E-state index contributed by atoms with van der Waals surface area (Å²) in [4.78, 5) is 4.67. The van der Waals surface area contributed by atoms with Gasteiger partial charge in [0.05, 0.1) is 16.7 Å². The highest BCUT2D eigenvalue weighted by Gasteiger charge is 2.11. The molecule has 4 nitrogen and oxygen atoms in total. The molecular formula is C15H15N3OS. The Morgan fingerprint density at radius 1 is 1.40 bits per heavy atom. The standard InChI is InChI=1S/C15H15N3OS/c1-3-8-18-14-7-5-4-6-13(14)16-15(18)20-10-12-9-11(2)19-17-12/h3-7,9H,1,8,10H2,2H3. The topological polar surface area (TPSA) is 43.9 Å². The molecule has 0 aliphatic carbocycles. The summed E-state index contributed by atoms with van der Waals surface area (Å²) in [5, 5.41) is 4.99. The molecule has 2 aromatic heterocycles. The number of thioether (sulfide) groups is 1. The maximum atomic E-state index is 5.08. The normalized spacial score (nSPS) is 11.1. The summed E-state index contributed by atoms with van der Waals surface area (Å²) in [6.45, 7) is 6.47. The number of hydrogen-bond acceptors (Lipinski definition) is 4. The number of rotatable bonds is 5. The molecule has 2 heterocycles. The van der Waals surface area contributed by atoms with E-state index in [2.05, 4.69) is 27.4 Å². The van der Waals surface area contributed by atoms with Crippen LogP contribution in [0.5, 0.6) is 0 Å². The van der Waals surface area contributed by atoms with Crippen molar-refractivity contribution < 1.29 is 4.52 Å². The van der Waals surface area contributed by atoms with E-state index in [1.165, 1.54) is 0 Å². The Balaban J connectivity index is 1.89. The number of fused-ring (bicyclic) bond motifs is 1. The molecule has 0 radical (unpaired) electrons. The first-order valence-electron chi connectivity index (χ1n) is 6.39. The molecule has 102 valence electrons. The third-order valence-corrected chi connectivity index (χ3v) is 3.97. The quantitative estimate of drug-likeness (QED) is 0.528. The number of aryl methyl sites for hydroxylation is 1. The van der Waals surface area contributed by atoms with E-state index < -0.39 is 0 Å². The zero-order valence-electron chi connectivity index (χ0n) is 11.2. The number of para-hydroxylation sites is 2. The van der Waals surface area contributed by atoms with Crippen molar-refractivity contribution in [3.8, 4) is 0 Å². The van der Waals surface area contributed by atoms with Crippen LogP contribution >= 0.6 is 11.8 Å². The number of allylic oxidation sites excluding steroid dienone is 1. The Bertz CT molecular complexity index is 744. The molecule has 0 bridgehead atoms. The monoisotopic (exact) mass is 285 g/mol. The van der Waals surface area contributed by atoms with Gasteiger partial charge in [-0.15, -0.1) is 6.58 Å². The van der Waals surface area contributed by atoms with E-state index in [1.54, 1.807) is 11.8 Å². The van der Waals surface area contributed by atoms with Gasteiger partial charge in [0, 0.05) is 18.4 Å². The van der Waals surface area contributed by atoms with Crippen LogP contribution in [0, 0.1) is 6.92 Å². The Morgan fingerprint density at radius 2 is 2.25 bits per heavy atom. The van der Waals surface area contributed by atoms with E-state index in [9.17, 15) is 0 Å². The summed E-state index contributed by atoms with van der Waals surface area (Å²) in [6, 6.07) is 10.1. The van der Waals surface area contributed by atoms with Crippen LogP contribution < -0.4 is 0 Å². The molecule has 0 atom stereocenters. The van der Waals surface area contributed by atoms with Gasteiger partial charge in [-0.05, 0) is 19.1 Å². The van der Waals surface area contributed by atoms with Gasteiger partial charge in [0.15, 0.2) is 5.16 Å². The molecule has 0 amide bonds. The van der Waals surface area contributed by atoms with Gasteiger partial charge >= 0.3 is 0 Å². The third kappa shape index (κ3) is 2.49. The molecule has 3 aromatic rings. The molecule has 0 saturated heterocycles. The number of imidazole rings is 1. The third-order valence-electron chi connectivity index (χ3n) is 2.96. The van der Waals surface area contributed by atoms with Crippen molar-refractivity contribution in [1.82, 2.24) is 14.7 Å². The predicted molar refractivity (Wildman–Crippen MR) is 80.7 cm³/mol. The second-order valence-electron chi connectivity index (χ2n) is 4.50. The number of nitrogens with zero attached hydrogens (tertiary/aromatic N) is 3. The summed E-state index contributed by atoms with van der Waals surface area (Å²) >= 11 is 1.66. The predicted octanol–water partition coefficient (Wildman–Crippen LogP) is 3.81. The summed E-state index contributed by atoms with van der Waals surface area (Å²) in [7, 11) is 0. The molecule has 0 N–H and O–H groups in total. The van der Waals surface area contributed by atoms with Crippen molar-refractivity contribution >= 4 is 22.8 Å². The minimum atomic E-state index is 0.748. The Hall–Kier alpha value is -2.01. The van der Waals surface area contributed by atoms with Crippen molar-refractivity contribution in [3.63, 3.8) is 0 Å². The van der Waals surface area contributed by atoms with Crippen molar-refractivity contribution in [3.05, 3.63) is 54.4 Å². The Labute approximate surface area is 121 Å². The van der Waals surface area contributed by atoms with Crippen molar-refractivity contribution in [1.29, 1.82) is 0 Å². The number of hydrogen-bond donors (Lipinski definition) is 0. The molecule has 0 aliphatic heterocycles. The number of benzene rings is 1. The minimum absolute atomic E-state index is 0.748. The summed E-state index contributed by atoms with van der Waals surface area (Å²) in [5.74, 6) is 1.58. The van der Waals surface area contributed by atoms with Gasteiger partial charge in [0.2, 0.25) is 0 Å². The van der Waals surface area contributed by atoms with Crippen LogP contribution in [0.1, 0.15) is 11.5 Å². The van der Waals surface area contributed by atoms with Gasteiger partial charge < -0.3 is 9.09 Å². The molecule has 0 unspecified atom stereocenters. The first-order valence-corrected chi connectivity index (χ1v) is 7.37. The fourth-order valence-corrected chi connectivity index (χ4v) is 3.00. The zero-order valence-corrected chi connectivity index (χ0v) is 12.1. The molecule has 20 heavy (non-hydrogen) atoms. The van der Waals surface area contributed by atoms with E-state index in [1.807, 2.05) is 37.3 Å². The van der Waals surface area contributed by atoms with Crippen molar-refractivity contribution in [2.75, 3.05) is 0 Å². The van der Waals surface area contributed by atoms with Crippen LogP contribution in [-0.2, 0) is 12.3 Å². The van der Waals surface area contributed by atoms with Gasteiger partial charge in [-0.3, -0.25) is 0 Å². The average Bonchev–Trinajstić information content (AvgIpc) is 3.02. The van der Waals surface area contributed by atoms with E-state index in [-0.39, 0.29) is 0 Å². The van der Waals surface area contributed by atoms with E-state index >= 15 is 0 Å². The fourth-order valence-electron chi connectivity index (χ4n) is 2.09. The molecule has 0 saturated carbocycles. The highest BCUT2D eigenvalue weighted by molar-refractivity contribution is 7.98. The lowest BCUT2D eigenvalue weighted by Crippen LogP contribution is -1.97. The lowest BCUT2D eigenvalue weighted by atomic mass is 10.3. The smallest absolute Gasteiger partial charge is 0.169 e. The highest BCUT2D eigenvalue weighted by Crippen LogP contribution is 2.26. The van der Waals surface area contributed by atoms with Crippen LogP contribution in [0.3, 0.4) is 0 Å². The van der Waals surface area contributed by atoms with Crippen LogP contribution in [0.2, 0.25) is 0 Å². The van der Waals surface area contributed by atoms with Crippen LogP contribution in [0.15, 0.2) is 52.7 Å². The minimum Gasteiger partial charge on any atom is -0.361 e. The lowest BCUT2D eigenvalue weighted by molar-refractivity contribution is 0.393. The molecule has 5 heteroatoms. The molecule has 0 aliphatic rings. The molecule has 0 fully saturated rings. The maximum absolute atomic E-state index is 5.08. The van der Waals surface area contributed by atoms with Crippen molar-refractivity contribution in [2.45, 2.75) is 24.4 Å². The average molecular weight is 285 g/mol.